The van der Waals surface area contributed by atoms with Crippen LogP contribution in [0.15, 0.2) is 75.8 Å². The van der Waals surface area contributed by atoms with Gasteiger partial charge < -0.3 is 9.47 Å². The van der Waals surface area contributed by atoms with Crippen LogP contribution in [0.1, 0.15) is 20.1 Å². The molecule has 3 aromatic carbocycles. The molecule has 0 saturated heterocycles. The van der Waals surface area contributed by atoms with Crippen LogP contribution in [0.2, 0.25) is 15.1 Å². The first-order valence-corrected chi connectivity index (χ1v) is 14.4. The zero-order valence-corrected chi connectivity index (χ0v) is 24.2. The first-order valence-electron chi connectivity index (χ1n) is 10.9. The van der Waals surface area contributed by atoms with Crippen LogP contribution < -0.4 is 4.74 Å². The van der Waals surface area contributed by atoms with Crippen molar-refractivity contribution in [3.63, 3.8) is 0 Å². The first kappa shape index (κ1) is 25.6. The van der Waals surface area contributed by atoms with Crippen LogP contribution in [0.3, 0.4) is 0 Å². The van der Waals surface area contributed by atoms with Gasteiger partial charge in [0.25, 0.3) is 0 Å². The number of fused-ring (bicyclic) bond motifs is 2. The van der Waals surface area contributed by atoms with Crippen LogP contribution in [0.5, 0.6) is 5.75 Å². The Balaban J connectivity index is 1.35. The number of halogens is 4. The maximum absolute atomic E-state index is 13.1. The number of esters is 2. The lowest BCUT2D eigenvalue weighted by atomic mass is 10.1. The summed E-state index contributed by atoms with van der Waals surface area (Å²) in [6, 6.07) is 17.8. The number of hydrogen-bond donors (Lipinski definition) is 0. The predicted molar refractivity (Wildman–Crippen MR) is 158 cm³/mol. The van der Waals surface area contributed by atoms with Gasteiger partial charge in [0.1, 0.15) is 15.5 Å². The second-order valence-corrected chi connectivity index (χ2v) is 12.2. The van der Waals surface area contributed by atoms with Gasteiger partial charge in [-0.2, -0.15) is 0 Å². The van der Waals surface area contributed by atoms with Crippen LogP contribution in [-0.2, 0) is 9.53 Å². The lowest BCUT2D eigenvalue weighted by Crippen LogP contribution is -2.08. The van der Waals surface area contributed by atoms with Gasteiger partial charge in [-0.3, -0.25) is 0 Å². The molecular formula is C27H11BrCl3NO4S2. The molecule has 5 nitrogen and oxygen atoms in total. The van der Waals surface area contributed by atoms with Gasteiger partial charge in [0.15, 0.2) is 5.70 Å². The highest BCUT2D eigenvalue weighted by Gasteiger charge is 2.29. The third-order valence-electron chi connectivity index (χ3n) is 5.59. The molecule has 0 radical (unpaired) electrons. The predicted octanol–water partition coefficient (Wildman–Crippen LogP) is 9.40. The monoisotopic (exact) mass is 661 g/mol. The average Bonchev–Trinajstić information content (AvgIpc) is 3.54. The van der Waals surface area contributed by atoms with E-state index in [1.54, 1.807) is 36.4 Å². The summed E-state index contributed by atoms with van der Waals surface area (Å²) in [6.07, 6.45) is 1.49. The minimum atomic E-state index is -0.656. The maximum atomic E-state index is 13.1. The summed E-state index contributed by atoms with van der Waals surface area (Å²) in [5.41, 5.74) is 0.470. The van der Waals surface area contributed by atoms with Crippen LogP contribution in [0.4, 0.5) is 0 Å². The summed E-state index contributed by atoms with van der Waals surface area (Å²) in [7, 11) is 0. The van der Waals surface area contributed by atoms with Gasteiger partial charge in [0.2, 0.25) is 5.90 Å². The number of rotatable bonds is 4. The van der Waals surface area contributed by atoms with Crippen molar-refractivity contribution in [1.29, 1.82) is 0 Å². The van der Waals surface area contributed by atoms with Crippen molar-refractivity contribution in [3.8, 4) is 5.75 Å². The van der Waals surface area contributed by atoms with E-state index in [9.17, 15) is 9.59 Å². The molecule has 1 aliphatic rings. The zero-order valence-electron chi connectivity index (χ0n) is 18.8. The molecule has 0 fully saturated rings. The van der Waals surface area contributed by atoms with Gasteiger partial charge in [-0.05, 0) is 42.5 Å². The molecule has 0 amide bonds. The van der Waals surface area contributed by atoms with Crippen molar-refractivity contribution < 1.29 is 19.1 Å². The standard InChI is InChI=1S/C27H11BrCl3NO4S2/c28-13-5-8-18(35-27(34)24-22(31)15-3-1-2-4-19(15)37-24)12(9-13)10-17-26(33)36-25(32-17)23-21(30)16-7-6-14(29)11-20(16)38-23/h1-11H/b17-10+. The molecule has 0 atom stereocenters. The number of ether oxygens (including phenoxy) is 2. The van der Waals surface area contributed by atoms with E-state index in [-0.39, 0.29) is 22.2 Å². The van der Waals surface area contributed by atoms with Crippen molar-refractivity contribution >= 4 is 117 Å². The lowest BCUT2D eigenvalue weighted by Gasteiger charge is -2.08. The third-order valence-corrected chi connectivity index (χ3v) is 9.62. The zero-order chi connectivity index (χ0) is 26.6. The highest BCUT2D eigenvalue weighted by Crippen LogP contribution is 2.39. The minimum absolute atomic E-state index is 0.0295. The van der Waals surface area contributed by atoms with E-state index in [4.69, 9.17) is 44.3 Å². The summed E-state index contributed by atoms with van der Waals surface area (Å²) in [5, 5.41) is 2.89. The molecule has 6 rings (SSSR count). The third kappa shape index (κ3) is 4.66. The van der Waals surface area contributed by atoms with Crippen molar-refractivity contribution in [2.75, 3.05) is 0 Å². The number of aliphatic imine (C=N–C) groups is 1. The summed E-state index contributed by atoms with van der Waals surface area (Å²) < 4.78 is 13.6. The van der Waals surface area contributed by atoms with Crippen LogP contribution in [-0.4, -0.2) is 17.8 Å². The molecule has 0 saturated carbocycles. The van der Waals surface area contributed by atoms with E-state index >= 15 is 0 Å². The number of carbonyl (C=O) groups is 2. The molecule has 0 unspecified atom stereocenters. The van der Waals surface area contributed by atoms with Crippen molar-refractivity contribution in [2.45, 2.75) is 0 Å². The minimum Gasteiger partial charge on any atom is -0.422 e. The fraction of sp³-hybridized carbons (Fsp3) is 0. The Morgan fingerprint density at radius 1 is 0.947 bits per heavy atom. The van der Waals surface area contributed by atoms with Crippen molar-refractivity contribution in [2.24, 2.45) is 4.99 Å². The topological polar surface area (TPSA) is 65.0 Å². The molecule has 0 aliphatic carbocycles. The largest absolute Gasteiger partial charge is 0.422 e. The number of benzene rings is 3. The molecule has 2 aromatic heterocycles. The van der Waals surface area contributed by atoms with Crippen LogP contribution in [0.25, 0.3) is 26.2 Å². The quantitative estimate of drug-likeness (QED) is 0.109. The van der Waals surface area contributed by atoms with Gasteiger partial charge in [-0.25, -0.2) is 14.6 Å². The summed E-state index contributed by atoms with van der Waals surface area (Å²) in [5.74, 6) is -0.942. The Morgan fingerprint density at radius 3 is 2.55 bits per heavy atom. The van der Waals surface area contributed by atoms with Crippen LogP contribution in [0, 0.1) is 0 Å². The van der Waals surface area contributed by atoms with Gasteiger partial charge in [0.05, 0.1) is 10.0 Å². The number of carbonyl (C=O) groups excluding carboxylic acids is 2. The Morgan fingerprint density at radius 2 is 1.74 bits per heavy atom. The molecule has 188 valence electrons. The fourth-order valence-corrected chi connectivity index (χ4v) is 7.32. The normalized spacial score (nSPS) is 14.4. The van der Waals surface area contributed by atoms with Gasteiger partial charge >= 0.3 is 11.9 Å². The Kier molecular flexibility index (Phi) is 6.80. The molecule has 0 bridgehead atoms. The Hall–Kier alpha value is -2.72. The van der Waals surface area contributed by atoms with Gasteiger partial charge in [-0.1, -0.05) is 75.0 Å². The second kappa shape index (κ2) is 10.1. The number of hydrogen-bond acceptors (Lipinski definition) is 7. The first-order chi connectivity index (χ1) is 18.3. The Labute approximate surface area is 247 Å². The summed E-state index contributed by atoms with van der Waals surface area (Å²) in [6.45, 7) is 0. The average molecular weight is 664 g/mol. The SMILES string of the molecule is O=C1OC(c2sc3cc(Cl)ccc3c2Cl)=N/C1=C/c1cc(Br)ccc1OC(=O)c1sc2ccccc2c1Cl. The molecule has 11 heteroatoms. The molecule has 0 N–H and O–H groups in total. The van der Waals surface area contributed by atoms with Crippen LogP contribution >= 0.6 is 73.4 Å². The Bertz CT molecular complexity index is 1880. The highest BCUT2D eigenvalue weighted by molar-refractivity contribution is 9.10. The fourth-order valence-electron chi connectivity index (χ4n) is 3.85. The summed E-state index contributed by atoms with van der Waals surface area (Å²) in [4.78, 5) is 31.0. The molecule has 3 heterocycles. The molecule has 0 spiro atoms. The van der Waals surface area contributed by atoms with E-state index < -0.39 is 11.9 Å². The highest BCUT2D eigenvalue weighted by atomic mass is 79.9. The maximum Gasteiger partial charge on any atom is 0.363 e. The van der Waals surface area contributed by atoms with Gasteiger partial charge in [0, 0.05) is 35.2 Å². The van der Waals surface area contributed by atoms with Crippen molar-refractivity contribution in [1.82, 2.24) is 0 Å². The van der Waals surface area contributed by atoms with E-state index in [0.717, 1.165) is 20.2 Å². The second-order valence-electron chi connectivity index (χ2n) is 8.03. The van der Waals surface area contributed by atoms with E-state index in [1.165, 1.54) is 28.7 Å². The number of thiophene rings is 2. The van der Waals surface area contributed by atoms with E-state index in [2.05, 4.69) is 20.9 Å². The molecule has 1 aliphatic heterocycles. The van der Waals surface area contributed by atoms with E-state index in [1.807, 2.05) is 24.3 Å². The molecular weight excluding hydrogens is 653 g/mol. The van der Waals surface area contributed by atoms with Crippen molar-refractivity contribution in [3.05, 3.63) is 101 Å². The van der Waals surface area contributed by atoms with Gasteiger partial charge in [-0.15, -0.1) is 22.7 Å². The smallest absolute Gasteiger partial charge is 0.363 e. The van der Waals surface area contributed by atoms with E-state index in [0.29, 0.717) is 30.0 Å². The number of cyclic esters (lactones) is 1. The number of nitrogens with zero attached hydrogens (tertiary/aromatic N) is 1. The summed E-state index contributed by atoms with van der Waals surface area (Å²) >= 11 is 25.1. The lowest BCUT2D eigenvalue weighted by molar-refractivity contribution is -0.129. The molecule has 38 heavy (non-hydrogen) atoms. The molecule has 5 aromatic rings.